The van der Waals surface area contributed by atoms with Gasteiger partial charge in [0, 0.05) is 31.3 Å². The molecule has 2 heterocycles. The fourth-order valence-corrected chi connectivity index (χ4v) is 4.40. The Bertz CT molecular complexity index is 1240. The van der Waals surface area contributed by atoms with Gasteiger partial charge in [0.1, 0.15) is 17.5 Å². The first-order valence-corrected chi connectivity index (χ1v) is 12.4. The first-order valence-electron chi connectivity index (χ1n) is 12.4. The number of carbonyl (C=O) groups is 2. The maximum Gasteiger partial charge on any atom is 0.259 e. The number of fused-ring (bicyclic) bond motifs is 1. The van der Waals surface area contributed by atoms with Gasteiger partial charge >= 0.3 is 0 Å². The highest BCUT2D eigenvalue weighted by atomic mass is 19.1. The van der Waals surface area contributed by atoms with Crippen molar-refractivity contribution < 1.29 is 23.8 Å². The number of halogens is 1. The van der Waals surface area contributed by atoms with Crippen molar-refractivity contribution in [1.82, 2.24) is 14.8 Å². The van der Waals surface area contributed by atoms with Crippen molar-refractivity contribution in [2.45, 2.75) is 32.4 Å². The maximum absolute atomic E-state index is 13.6. The standard InChI is InChI=1S/C29H32FN3O4/c1-19-16-33(20(2)18-34)29(36)25-14-23(22-9-11-24(30)12-10-22)15-31-28(25)37-26(19)17-32(3)27(35)13-21-7-5-4-6-8-21/h4-12,14-15,19-20,26,34H,13,16-18H2,1-3H3/t19-,20-,26-/m0/s1. The van der Waals surface area contributed by atoms with E-state index in [1.807, 2.05) is 37.3 Å². The van der Waals surface area contributed by atoms with Crippen molar-refractivity contribution in [3.05, 3.63) is 83.8 Å². The Kier molecular flexibility index (Phi) is 8.18. The van der Waals surface area contributed by atoms with Gasteiger partial charge in [0.05, 0.1) is 25.6 Å². The molecule has 3 atom stereocenters. The van der Waals surface area contributed by atoms with E-state index < -0.39 is 12.1 Å². The summed E-state index contributed by atoms with van der Waals surface area (Å²) in [5.74, 6) is -0.663. The van der Waals surface area contributed by atoms with E-state index >= 15 is 0 Å². The number of benzene rings is 2. The van der Waals surface area contributed by atoms with E-state index in [1.165, 1.54) is 12.1 Å². The Morgan fingerprint density at radius 3 is 2.57 bits per heavy atom. The summed E-state index contributed by atoms with van der Waals surface area (Å²) in [5.41, 5.74) is 2.55. The fourth-order valence-electron chi connectivity index (χ4n) is 4.40. The number of nitrogens with zero attached hydrogens (tertiary/aromatic N) is 3. The third-order valence-electron chi connectivity index (χ3n) is 6.78. The summed E-state index contributed by atoms with van der Waals surface area (Å²) in [6, 6.07) is 16.8. The maximum atomic E-state index is 13.6. The summed E-state index contributed by atoms with van der Waals surface area (Å²) in [4.78, 5) is 34.2. The number of ether oxygens (including phenoxy) is 1. The third kappa shape index (κ3) is 6.14. The van der Waals surface area contributed by atoms with Crippen LogP contribution >= 0.6 is 0 Å². The predicted octanol–water partition coefficient (Wildman–Crippen LogP) is 3.81. The Morgan fingerprint density at radius 2 is 1.89 bits per heavy atom. The van der Waals surface area contributed by atoms with E-state index in [0.717, 1.165) is 5.56 Å². The molecule has 0 bridgehead atoms. The van der Waals surface area contributed by atoms with Gasteiger partial charge in [0.2, 0.25) is 11.8 Å². The van der Waals surface area contributed by atoms with Crippen molar-refractivity contribution in [3.8, 4) is 17.0 Å². The van der Waals surface area contributed by atoms with E-state index in [-0.39, 0.29) is 48.0 Å². The lowest BCUT2D eigenvalue weighted by Gasteiger charge is -2.37. The number of carbonyl (C=O) groups excluding carboxylic acids is 2. The van der Waals surface area contributed by atoms with E-state index in [1.54, 1.807) is 48.2 Å². The van der Waals surface area contributed by atoms with E-state index in [4.69, 9.17) is 4.74 Å². The number of aromatic nitrogens is 1. The zero-order chi connectivity index (χ0) is 26.5. The molecule has 1 aliphatic rings. The molecule has 0 saturated carbocycles. The molecule has 7 nitrogen and oxygen atoms in total. The van der Waals surface area contributed by atoms with Gasteiger partial charge in [-0.05, 0) is 36.2 Å². The van der Waals surface area contributed by atoms with E-state index in [0.29, 0.717) is 24.2 Å². The summed E-state index contributed by atoms with van der Waals surface area (Å²) in [6.45, 7) is 4.20. The van der Waals surface area contributed by atoms with Crippen LogP contribution in [0, 0.1) is 11.7 Å². The number of aliphatic hydroxyl groups excluding tert-OH is 1. The molecule has 3 aromatic rings. The molecule has 2 aromatic carbocycles. The minimum absolute atomic E-state index is 0.0411. The molecule has 2 amide bonds. The molecule has 194 valence electrons. The van der Waals surface area contributed by atoms with Gasteiger partial charge in [-0.1, -0.05) is 49.4 Å². The highest BCUT2D eigenvalue weighted by molar-refractivity contribution is 5.98. The highest BCUT2D eigenvalue weighted by Crippen LogP contribution is 2.30. The SMILES string of the molecule is C[C@H]1CN([C@@H](C)CO)C(=O)c2cc(-c3ccc(F)cc3)cnc2O[C@H]1CN(C)C(=O)Cc1ccccc1. The summed E-state index contributed by atoms with van der Waals surface area (Å²) < 4.78 is 19.7. The quantitative estimate of drug-likeness (QED) is 0.528. The van der Waals surface area contributed by atoms with Crippen LogP contribution in [0.15, 0.2) is 66.9 Å². The number of aliphatic hydroxyl groups is 1. The molecule has 0 unspecified atom stereocenters. The van der Waals surface area contributed by atoms with Crippen LogP contribution in [0.3, 0.4) is 0 Å². The average Bonchev–Trinajstić information content (AvgIpc) is 2.91. The molecule has 0 radical (unpaired) electrons. The van der Waals surface area contributed by atoms with E-state index in [2.05, 4.69) is 4.98 Å². The molecule has 0 saturated heterocycles. The van der Waals surface area contributed by atoms with Crippen molar-refractivity contribution >= 4 is 11.8 Å². The number of hydrogen-bond acceptors (Lipinski definition) is 5. The molecule has 0 fully saturated rings. The van der Waals surface area contributed by atoms with E-state index in [9.17, 15) is 19.1 Å². The summed E-state index contributed by atoms with van der Waals surface area (Å²) in [7, 11) is 1.74. The first kappa shape index (κ1) is 26.3. The second-order valence-electron chi connectivity index (χ2n) is 9.64. The number of pyridine rings is 1. The van der Waals surface area contributed by atoms with Crippen LogP contribution in [0.2, 0.25) is 0 Å². The minimum Gasteiger partial charge on any atom is -0.472 e. The number of amides is 2. The predicted molar refractivity (Wildman–Crippen MR) is 139 cm³/mol. The van der Waals surface area contributed by atoms with Crippen LogP contribution < -0.4 is 4.74 Å². The van der Waals surface area contributed by atoms with Crippen molar-refractivity contribution in [1.29, 1.82) is 0 Å². The molecule has 0 spiro atoms. The fraction of sp³-hybridized carbons (Fsp3) is 0.345. The van der Waals surface area contributed by atoms with Crippen LogP contribution in [-0.2, 0) is 11.2 Å². The second-order valence-corrected chi connectivity index (χ2v) is 9.64. The van der Waals surface area contributed by atoms with Crippen LogP contribution in [-0.4, -0.2) is 70.6 Å². The Morgan fingerprint density at radius 1 is 1.19 bits per heavy atom. The normalized spacial score (nSPS) is 18.3. The Labute approximate surface area is 216 Å². The topological polar surface area (TPSA) is 83.0 Å². The third-order valence-corrected chi connectivity index (χ3v) is 6.78. The summed E-state index contributed by atoms with van der Waals surface area (Å²) in [5, 5.41) is 9.85. The van der Waals surface area contributed by atoms with Gasteiger partial charge < -0.3 is 19.6 Å². The minimum atomic E-state index is -0.436. The van der Waals surface area contributed by atoms with Crippen LogP contribution in [0.25, 0.3) is 11.1 Å². The Balaban J connectivity index is 1.63. The van der Waals surface area contributed by atoms with Gasteiger partial charge in [0.25, 0.3) is 5.91 Å². The number of rotatable bonds is 7. The zero-order valence-corrected chi connectivity index (χ0v) is 21.3. The molecule has 37 heavy (non-hydrogen) atoms. The van der Waals surface area contributed by atoms with Crippen LogP contribution in [0.5, 0.6) is 5.88 Å². The lowest BCUT2D eigenvalue weighted by Crippen LogP contribution is -2.50. The highest BCUT2D eigenvalue weighted by Gasteiger charge is 2.34. The van der Waals surface area contributed by atoms with Gasteiger partial charge in [-0.15, -0.1) is 0 Å². The summed E-state index contributed by atoms with van der Waals surface area (Å²) in [6.07, 6.45) is 1.43. The second kappa shape index (κ2) is 11.5. The monoisotopic (exact) mass is 505 g/mol. The zero-order valence-electron chi connectivity index (χ0n) is 21.3. The largest absolute Gasteiger partial charge is 0.472 e. The number of hydrogen-bond donors (Lipinski definition) is 1. The molecule has 8 heteroatoms. The molecule has 4 rings (SSSR count). The van der Waals surface area contributed by atoms with Crippen molar-refractivity contribution in [3.63, 3.8) is 0 Å². The van der Waals surface area contributed by atoms with Gasteiger partial charge in [-0.2, -0.15) is 0 Å². The Hall–Kier alpha value is -3.78. The van der Waals surface area contributed by atoms with Crippen molar-refractivity contribution in [2.75, 3.05) is 26.7 Å². The molecular weight excluding hydrogens is 473 g/mol. The summed E-state index contributed by atoms with van der Waals surface area (Å²) >= 11 is 0. The molecule has 1 N–H and O–H groups in total. The van der Waals surface area contributed by atoms with Crippen molar-refractivity contribution in [2.24, 2.45) is 5.92 Å². The van der Waals surface area contributed by atoms with Crippen LogP contribution in [0.4, 0.5) is 4.39 Å². The number of likely N-dealkylation sites (N-methyl/N-ethyl adjacent to an activating group) is 1. The van der Waals surface area contributed by atoms with Crippen LogP contribution in [0.1, 0.15) is 29.8 Å². The smallest absolute Gasteiger partial charge is 0.259 e. The average molecular weight is 506 g/mol. The van der Waals surface area contributed by atoms with Gasteiger partial charge in [-0.3, -0.25) is 9.59 Å². The molecule has 1 aromatic heterocycles. The van der Waals surface area contributed by atoms with Gasteiger partial charge in [-0.25, -0.2) is 9.37 Å². The lowest BCUT2D eigenvalue weighted by molar-refractivity contribution is -0.130. The lowest BCUT2D eigenvalue weighted by atomic mass is 9.99. The first-order chi connectivity index (χ1) is 17.8. The molecular formula is C29H32FN3O4. The van der Waals surface area contributed by atoms with Gasteiger partial charge in [0.15, 0.2) is 0 Å². The molecule has 1 aliphatic heterocycles. The molecule has 0 aliphatic carbocycles.